The van der Waals surface area contributed by atoms with Crippen molar-refractivity contribution in [3.8, 4) is 0 Å². The zero-order valence-electron chi connectivity index (χ0n) is 11.8. The number of aromatic nitrogens is 1. The van der Waals surface area contributed by atoms with E-state index in [0.717, 1.165) is 5.56 Å². The summed E-state index contributed by atoms with van der Waals surface area (Å²) in [5, 5.41) is 3.25. The highest BCUT2D eigenvalue weighted by atomic mass is 35.5. The Morgan fingerprint density at radius 1 is 1.27 bits per heavy atom. The fraction of sp³-hybridized carbons (Fsp3) is 0.125. The van der Waals surface area contributed by atoms with Crippen LogP contribution < -0.4 is 11.1 Å². The first-order valence-electron chi connectivity index (χ1n) is 6.67. The summed E-state index contributed by atoms with van der Waals surface area (Å²) in [6, 6.07) is 12.3. The summed E-state index contributed by atoms with van der Waals surface area (Å²) in [6.07, 6.45) is 0.181. The van der Waals surface area contributed by atoms with Gasteiger partial charge in [-0.3, -0.25) is 9.36 Å². The zero-order chi connectivity index (χ0) is 15.7. The van der Waals surface area contributed by atoms with Gasteiger partial charge in [-0.2, -0.15) is 0 Å². The number of anilines is 1. The average Bonchev–Trinajstić information content (AvgIpc) is 2.77. The van der Waals surface area contributed by atoms with Crippen LogP contribution in [-0.2, 0) is 18.3 Å². The summed E-state index contributed by atoms with van der Waals surface area (Å²) < 4.78 is 6.47. The third-order valence-corrected chi connectivity index (χ3v) is 3.70. The molecule has 5 nitrogen and oxygen atoms in total. The molecule has 0 aliphatic heterocycles. The largest absolute Gasteiger partial charge is 0.419 e. The minimum atomic E-state index is -0.423. The number of nitrogens with zero attached hydrogens (tertiary/aromatic N) is 1. The number of nitrogens with one attached hydrogen (secondary N) is 1. The van der Waals surface area contributed by atoms with Crippen molar-refractivity contribution < 1.29 is 9.21 Å². The smallest absolute Gasteiger partial charge is 0.408 e. The van der Waals surface area contributed by atoms with Gasteiger partial charge in [0.1, 0.15) is 0 Å². The molecule has 1 amide bonds. The Balaban J connectivity index is 1.81. The van der Waals surface area contributed by atoms with Gasteiger partial charge in [-0.25, -0.2) is 4.79 Å². The number of para-hydroxylation sites is 1. The fourth-order valence-electron chi connectivity index (χ4n) is 2.22. The van der Waals surface area contributed by atoms with E-state index in [0.29, 0.717) is 21.8 Å². The van der Waals surface area contributed by atoms with Crippen molar-refractivity contribution in [2.75, 3.05) is 5.32 Å². The lowest BCUT2D eigenvalue weighted by atomic mass is 10.1. The highest BCUT2D eigenvalue weighted by Crippen LogP contribution is 2.21. The van der Waals surface area contributed by atoms with Crippen molar-refractivity contribution >= 4 is 34.3 Å². The quantitative estimate of drug-likeness (QED) is 0.808. The maximum Gasteiger partial charge on any atom is 0.419 e. The normalized spacial score (nSPS) is 10.8. The minimum absolute atomic E-state index is 0.180. The second-order valence-corrected chi connectivity index (χ2v) is 5.34. The maximum atomic E-state index is 12.1. The van der Waals surface area contributed by atoms with Crippen LogP contribution in [-0.4, -0.2) is 10.5 Å². The van der Waals surface area contributed by atoms with Gasteiger partial charge in [0.05, 0.1) is 22.6 Å². The number of carbonyl (C=O) groups excluding carboxylic acids is 1. The van der Waals surface area contributed by atoms with Crippen LogP contribution in [0.4, 0.5) is 5.69 Å². The number of hydrogen-bond acceptors (Lipinski definition) is 3. The van der Waals surface area contributed by atoms with Gasteiger partial charge in [-0.05, 0) is 29.8 Å². The Bertz CT molecular complexity index is 911. The monoisotopic (exact) mass is 316 g/mol. The van der Waals surface area contributed by atoms with E-state index in [1.54, 1.807) is 49.5 Å². The number of hydrogen-bond donors (Lipinski definition) is 1. The molecule has 0 atom stereocenters. The number of benzene rings is 2. The van der Waals surface area contributed by atoms with Crippen molar-refractivity contribution in [1.29, 1.82) is 0 Å². The minimum Gasteiger partial charge on any atom is -0.408 e. The number of oxazole rings is 1. The van der Waals surface area contributed by atoms with E-state index in [1.165, 1.54) is 4.57 Å². The van der Waals surface area contributed by atoms with Crippen LogP contribution in [0.15, 0.2) is 51.7 Å². The molecule has 3 rings (SSSR count). The summed E-state index contributed by atoms with van der Waals surface area (Å²) in [4.78, 5) is 23.6. The van der Waals surface area contributed by atoms with Gasteiger partial charge < -0.3 is 9.73 Å². The molecule has 1 N–H and O–H groups in total. The van der Waals surface area contributed by atoms with Crippen LogP contribution >= 0.6 is 11.6 Å². The molecular formula is C16H13ClN2O3. The Kier molecular flexibility index (Phi) is 3.73. The first-order chi connectivity index (χ1) is 10.5. The first-order valence-corrected chi connectivity index (χ1v) is 7.05. The van der Waals surface area contributed by atoms with Crippen molar-refractivity contribution in [1.82, 2.24) is 4.57 Å². The molecule has 0 aliphatic carbocycles. The molecule has 0 spiro atoms. The lowest BCUT2D eigenvalue weighted by Gasteiger charge is -2.07. The molecule has 0 aliphatic rings. The highest BCUT2D eigenvalue weighted by Gasteiger charge is 2.10. The van der Waals surface area contributed by atoms with Crippen LogP contribution in [0.2, 0.25) is 5.02 Å². The van der Waals surface area contributed by atoms with Crippen molar-refractivity contribution in [2.24, 2.45) is 7.05 Å². The van der Waals surface area contributed by atoms with E-state index in [2.05, 4.69) is 5.32 Å². The summed E-state index contributed by atoms with van der Waals surface area (Å²) in [5.41, 5.74) is 2.52. The van der Waals surface area contributed by atoms with Gasteiger partial charge in [0.15, 0.2) is 5.58 Å². The van der Waals surface area contributed by atoms with Gasteiger partial charge in [-0.1, -0.05) is 29.8 Å². The van der Waals surface area contributed by atoms with Gasteiger partial charge in [0.25, 0.3) is 0 Å². The second kappa shape index (κ2) is 5.69. The summed E-state index contributed by atoms with van der Waals surface area (Å²) in [5.74, 6) is -0.603. The van der Waals surface area contributed by atoms with Crippen molar-refractivity contribution in [2.45, 2.75) is 6.42 Å². The predicted molar refractivity (Wildman–Crippen MR) is 85.2 cm³/mol. The lowest BCUT2D eigenvalue weighted by Crippen LogP contribution is -2.14. The zero-order valence-corrected chi connectivity index (χ0v) is 12.6. The van der Waals surface area contributed by atoms with Crippen LogP contribution in [0.3, 0.4) is 0 Å². The van der Waals surface area contributed by atoms with E-state index in [4.69, 9.17) is 16.0 Å². The van der Waals surface area contributed by atoms with Crippen LogP contribution in [0.1, 0.15) is 5.56 Å². The van der Waals surface area contributed by atoms with E-state index >= 15 is 0 Å². The van der Waals surface area contributed by atoms with Gasteiger partial charge in [-0.15, -0.1) is 0 Å². The van der Waals surface area contributed by atoms with Gasteiger partial charge >= 0.3 is 5.76 Å². The van der Waals surface area contributed by atoms with E-state index < -0.39 is 5.76 Å². The molecule has 0 unspecified atom stereocenters. The highest BCUT2D eigenvalue weighted by molar-refractivity contribution is 6.33. The number of rotatable bonds is 3. The molecule has 0 saturated heterocycles. The standard InChI is InChI=1S/C16H13ClN2O3/c1-19-13-8-10(6-7-14(13)22-16(19)21)9-15(20)18-12-5-3-2-4-11(12)17/h2-8H,9H2,1H3,(H,18,20). The number of aryl methyl sites for hydroxylation is 1. The Morgan fingerprint density at radius 3 is 2.82 bits per heavy atom. The number of fused-ring (bicyclic) bond motifs is 1. The van der Waals surface area contributed by atoms with Crippen LogP contribution in [0, 0.1) is 0 Å². The summed E-state index contributed by atoms with van der Waals surface area (Å²) >= 11 is 6.01. The molecule has 3 aromatic rings. The fourth-order valence-corrected chi connectivity index (χ4v) is 2.41. The van der Waals surface area contributed by atoms with E-state index in [9.17, 15) is 9.59 Å². The van der Waals surface area contributed by atoms with Crippen molar-refractivity contribution in [3.63, 3.8) is 0 Å². The molecule has 1 aromatic heterocycles. The molecule has 6 heteroatoms. The topological polar surface area (TPSA) is 64.2 Å². The summed E-state index contributed by atoms with van der Waals surface area (Å²) in [7, 11) is 1.63. The molecule has 0 bridgehead atoms. The maximum absolute atomic E-state index is 12.1. The number of carbonyl (C=O) groups is 1. The third kappa shape index (κ3) is 2.76. The van der Waals surface area contributed by atoms with Crippen LogP contribution in [0.5, 0.6) is 0 Å². The Hall–Kier alpha value is -2.53. The average molecular weight is 317 g/mol. The molecule has 22 heavy (non-hydrogen) atoms. The lowest BCUT2D eigenvalue weighted by molar-refractivity contribution is -0.115. The second-order valence-electron chi connectivity index (χ2n) is 4.93. The number of amides is 1. The molecule has 0 saturated carbocycles. The van der Waals surface area contributed by atoms with Gasteiger partial charge in [0.2, 0.25) is 5.91 Å². The molecule has 112 valence electrons. The Morgan fingerprint density at radius 2 is 2.05 bits per heavy atom. The van der Waals surface area contributed by atoms with Crippen molar-refractivity contribution in [3.05, 3.63) is 63.6 Å². The predicted octanol–water partition coefficient (Wildman–Crippen LogP) is 2.97. The summed E-state index contributed by atoms with van der Waals surface area (Å²) in [6.45, 7) is 0. The van der Waals surface area contributed by atoms with Crippen LogP contribution in [0.25, 0.3) is 11.1 Å². The molecule has 1 heterocycles. The Labute approximate surface area is 131 Å². The van der Waals surface area contributed by atoms with E-state index in [1.807, 2.05) is 0 Å². The third-order valence-electron chi connectivity index (χ3n) is 3.37. The van der Waals surface area contributed by atoms with E-state index in [-0.39, 0.29) is 12.3 Å². The molecule has 2 aromatic carbocycles. The SMILES string of the molecule is Cn1c(=O)oc2ccc(CC(=O)Nc3ccccc3Cl)cc21. The first kappa shape index (κ1) is 14.4. The van der Waals surface area contributed by atoms with Gasteiger partial charge in [0, 0.05) is 7.05 Å². The number of halogens is 1. The molecule has 0 radical (unpaired) electrons. The molecular weight excluding hydrogens is 304 g/mol. The molecule has 0 fully saturated rings.